The molecule has 3 N–H and O–H groups in total. The zero-order valence-electron chi connectivity index (χ0n) is 15.0. The molecule has 0 radical (unpaired) electrons. The summed E-state index contributed by atoms with van der Waals surface area (Å²) >= 11 is 0. The molecule has 0 aromatic carbocycles. The van der Waals surface area contributed by atoms with Gasteiger partial charge in [-0.3, -0.25) is 9.89 Å². The molecule has 0 bridgehead atoms. The predicted octanol–water partition coefficient (Wildman–Crippen LogP) is -0.0974. The average Bonchev–Trinajstić information content (AvgIpc) is 2.57. The van der Waals surface area contributed by atoms with Crippen molar-refractivity contribution in [2.45, 2.75) is 19.3 Å². The van der Waals surface area contributed by atoms with E-state index in [1.165, 1.54) is 6.26 Å². The third kappa shape index (κ3) is 8.85. The first-order valence-electron chi connectivity index (χ1n) is 8.74. The summed E-state index contributed by atoms with van der Waals surface area (Å²) in [6.07, 6.45) is 4.00. The number of hydrogen-bond acceptors (Lipinski definition) is 5. The van der Waals surface area contributed by atoms with Crippen LogP contribution in [0.1, 0.15) is 19.3 Å². The lowest BCUT2D eigenvalue weighted by Crippen LogP contribution is -2.40. The quantitative estimate of drug-likeness (QED) is 0.224. The lowest BCUT2D eigenvalue weighted by atomic mass is 9.98. The number of guanidine groups is 1. The van der Waals surface area contributed by atoms with Crippen LogP contribution >= 0.6 is 24.0 Å². The fraction of sp³-hybridized carbons (Fsp3) is 0.933. The van der Waals surface area contributed by atoms with Crippen molar-refractivity contribution in [3.05, 3.63) is 0 Å². The lowest BCUT2D eigenvalue weighted by molar-refractivity contribution is 0.0376. The van der Waals surface area contributed by atoms with Gasteiger partial charge >= 0.3 is 0 Å². The number of rotatable bonds is 7. The van der Waals surface area contributed by atoms with Crippen LogP contribution in [-0.2, 0) is 14.8 Å². The summed E-state index contributed by atoms with van der Waals surface area (Å²) in [6.45, 7) is 7.39. The minimum Gasteiger partial charge on any atom is -0.379 e. The number of hydrogen-bond donors (Lipinski definition) is 2. The van der Waals surface area contributed by atoms with Crippen molar-refractivity contribution in [3.63, 3.8) is 0 Å². The van der Waals surface area contributed by atoms with Gasteiger partial charge in [0.15, 0.2) is 5.96 Å². The molecule has 8 nitrogen and oxygen atoms in total. The maximum Gasteiger partial charge on any atom is 0.211 e. The van der Waals surface area contributed by atoms with Gasteiger partial charge < -0.3 is 15.8 Å². The molecule has 25 heavy (non-hydrogen) atoms. The van der Waals surface area contributed by atoms with Crippen molar-refractivity contribution in [2.24, 2.45) is 16.6 Å². The number of halogens is 1. The normalized spacial score (nSPS) is 21.7. The van der Waals surface area contributed by atoms with Crippen LogP contribution in [0.5, 0.6) is 0 Å². The first-order chi connectivity index (χ1) is 11.4. The number of nitrogens with one attached hydrogen (secondary N) is 1. The van der Waals surface area contributed by atoms with Gasteiger partial charge in [-0.1, -0.05) is 0 Å². The van der Waals surface area contributed by atoms with E-state index in [1.54, 1.807) is 4.31 Å². The maximum absolute atomic E-state index is 11.5. The zero-order chi connectivity index (χ0) is 17.4. The highest BCUT2D eigenvalue weighted by Crippen LogP contribution is 2.19. The van der Waals surface area contributed by atoms with Crippen molar-refractivity contribution in [3.8, 4) is 0 Å². The second-order valence-electron chi connectivity index (χ2n) is 6.57. The highest BCUT2D eigenvalue weighted by Gasteiger charge is 2.24. The number of morpholine rings is 1. The van der Waals surface area contributed by atoms with E-state index in [0.29, 0.717) is 31.5 Å². The minimum atomic E-state index is -3.06. The monoisotopic (exact) mass is 489 g/mol. The maximum atomic E-state index is 11.5. The van der Waals surface area contributed by atoms with Crippen LogP contribution in [0.3, 0.4) is 0 Å². The molecule has 0 aliphatic carbocycles. The smallest absolute Gasteiger partial charge is 0.211 e. The van der Waals surface area contributed by atoms with E-state index >= 15 is 0 Å². The molecule has 0 atom stereocenters. The summed E-state index contributed by atoms with van der Waals surface area (Å²) in [5.41, 5.74) is 5.91. The first-order valence-corrected chi connectivity index (χ1v) is 10.6. The van der Waals surface area contributed by atoms with Crippen LogP contribution < -0.4 is 11.1 Å². The van der Waals surface area contributed by atoms with Crippen molar-refractivity contribution < 1.29 is 13.2 Å². The molecule has 0 unspecified atom stereocenters. The molecular formula is C15H32IN5O3S. The van der Waals surface area contributed by atoms with E-state index in [1.807, 2.05) is 0 Å². The van der Waals surface area contributed by atoms with E-state index in [4.69, 9.17) is 10.5 Å². The summed E-state index contributed by atoms with van der Waals surface area (Å²) in [5.74, 6) is 0.902. The molecule has 0 aromatic heterocycles. The second kappa shape index (κ2) is 11.5. The lowest BCUT2D eigenvalue weighted by Gasteiger charge is -2.29. The van der Waals surface area contributed by atoms with E-state index in [2.05, 4.69) is 15.2 Å². The van der Waals surface area contributed by atoms with Crippen LogP contribution in [0.25, 0.3) is 0 Å². The largest absolute Gasteiger partial charge is 0.379 e. The van der Waals surface area contributed by atoms with Gasteiger partial charge in [0.2, 0.25) is 10.0 Å². The summed E-state index contributed by atoms with van der Waals surface area (Å²) in [4.78, 5) is 6.80. The Labute approximate surface area is 168 Å². The molecule has 0 spiro atoms. The number of ether oxygens (including phenoxy) is 1. The molecule has 2 heterocycles. The Hall–Kier alpha value is -0.170. The molecule has 0 amide bonds. The number of piperidine rings is 1. The number of nitrogens with zero attached hydrogens (tertiary/aromatic N) is 3. The molecule has 0 saturated carbocycles. The van der Waals surface area contributed by atoms with Crippen LogP contribution in [-0.4, -0.2) is 88.9 Å². The average molecular weight is 489 g/mol. The van der Waals surface area contributed by atoms with E-state index in [0.717, 1.165) is 58.7 Å². The topological polar surface area (TPSA) is 100 Å². The highest BCUT2D eigenvalue weighted by molar-refractivity contribution is 14.0. The third-order valence-electron chi connectivity index (χ3n) is 4.62. The molecule has 2 fully saturated rings. The third-order valence-corrected chi connectivity index (χ3v) is 5.93. The van der Waals surface area contributed by atoms with Gasteiger partial charge in [-0.15, -0.1) is 24.0 Å². The Bertz CT molecular complexity index is 503. The Morgan fingerprint density at radius 2 is 1.88 bits per heavy atom. The second-order valence-corrected chi connectivity index (χ2v) is 8.55. The predicted molar refractivity (Wildman–Crippen MR) is 111 cm³/mol. The van der Waals surface area contributed by atoms with Crippen LogP contribution in [0.2, 0.25) is 0 Å². The number of nitrogens with two attached hydrogens (primary N) is 1. The molecule has 2 rings (SSSR count). The summed E-state index contributed by atoms with van der Waals surface area (Å²) in [5, 5.41) is 3.16. The van der Waals surface area contributed by atoms with Crippen LogP contribution in [0, 0.1) is 5.92 Å². The van der Waals surface area contributed by atoms with E-state index in [9.17, 15) is 8.42 Å². The molecule has 148 valence electrons. The fourth-order valence-corrected chi connectivity index (χ4v) is 3.92. The molecular weight excluding hydrogens is 457 g/mol. The Morgan fingerprint density at radius 3 is 2.48 bits per heavy atom. The Balaban J connectivity index is 0.00000312. The van der Waals surface area contributed by atoms with Gasteiger partial charge in [0.1, 0.15) is 0 Å². The van der Waals surface area contributed by atoms with E-state index in [-0.39, 0.29) is 24.0 Å². The molecule has 2 aliphatic heterocycles. The Morgan fingerprint density at radius 1 is 1.24 bits per heavy atom. The van der Waals surface area contributed by atoms with Gasteiger partial charge in [-0.2, -0.15) is 0 Å². The number of aliphatic imine (C=N–C) groups is 1. The molecule has 10 heteroatoms. The SMILES string of the molecule is CS(=O)(=O)N1CCC(CN=C(N)NCCCN2CCOCC2)CC1.I. The molecule has 2 aliphatic rings. The van der Waals surface area contributed by atoms with Crippen LogP contribution in [0.15, 0.2) is 4.99 Å². The van der Waals surface area contributed by atoms with Gasteiger partial charge in [0, 0.05) is 39.3 Å². The Kier molecular flexibility index (Phi) is 10.5. The fourth-order valence-electron chi connectivity index (χ4n) is 3.05. The van der Waals surface area contributed by atoms with Gasteiger partial charge in [-0.05, 0) is 31.7 Å². The van der Waals surface area contributed by atoms with Gasteiger partial charge in [0.05, 0.1) is 19.5 Å². The zero-order valence-corrected chi connectivity index (χ0v) is 18.2. The molecule has 2 saturated heterocycles. The van der Waals surface area contributed by atoms with Crippen molar-refractivity contribution >= 4 is 40.0 Å². The minimum absolute atomic E-state index is 0. The van der Waals surface area contributed by atoms with E-state index < -0.39 is 10.0 Å². The summed E-state index contributed by atoms with van der Waals surface area (Å²) < 4.78 is 29.8. The van der Waals surface area contributed by atoms with Gasteiger partial charge in [0.25, 0.3) is 0 Å². The summed E-state index contributed by atoms with van der Waals surface area (Å²) in [6, 6.07) is 0. The van der Waals surface area contributed by atoms with Crippen molar-refractivity contribution in [2.75, 3.05) is 65.3 Å². The summed E-state index contributed by atoms with van der Waals surface area (Å²) in [7, 11) is -3.06. The first kappa shape index (κ1) is 22.9. The number of sulfonamides is 1. The standard InChI is InChI=1S/C15H31N5O3S.HI/c1-24(21,22)20-7-3-14(4-8-20)13-18-15(16)17-5-2-6-19-9-11-23-12-10-19;/h14H,2-13H2,1H3,(H3,16,17,18);1H. The van der Waals surface area contributed by atoms with Gasteiger partial charge in [-0.25, -0.2) is 12.7 Å². The highest BCUT2D eigenvalue weighted by atomic mass is 127. The van der Waals surface area contributed by atoms with Crippen molar-refractivity contribution in [1.82, 2.24) is 14.5 Å². The van der Waals surface area contributed by atoms with Crippen LogP contribution in [0.4, 0.5) is 0 Å². The van der Waals surface area contributed by atoms with Crippen molar-refractivity contribution in [1.29, 1.82) is 0 Å². The molecule has 0 aromatic rings.